The first-order valence-corrected chi connectivity index (χ1v) is 6.92. The molecule has 106 valence electrons. The van der Waals surface area contributed by atoms with Crippen LogP contribution in [0.25, 0.3) is 0 Å². The molecular formula is C13H21BrN4O. The third-order valence-corrected chi connectivity index (χ3v) is 3.12. The van der Waals surface area contributed by atoms with E-state index < -0.39 is 0 Å². The van der Waals surface area contributed by atoms with E-state index in [-0.39, 0.29) is 0 Å². The summed E-state index contributed by atoms with van der Waals surface area (Å²) in [4.78, 5) is 6.39. The predicted molar refractivity (Wildman–Crippen MR) is 81.7 cm³/mol. The highest BCUT2D eigenvalue weighted by Gasteiger charge is 2.05. The number of hydrogen-bond acceptors (Lipinski definition) is 3. The van der Waals surface area contributed by atoms with Crippen molar-refractivity contribution >= 4 is 21.9 Å². The normalized spacial score (nSPS) is 11.5. The molecule has 6 heteroatoms. The van der Waals surface area contributed by atoms with Gasteiger partial charge in [-0.25, -0.2) is 5.84 Å². The van der Waals surface area contributed by atoms with Crippen LogP contribution in [0.2, 0.25) is 0 Å². The zero-order chi connectivity index (χ0) is 14.1. The van der Waals surface area contributed by atoms with E-state index >= 15 is 0 Å². The fourth-order valence-electron chi connectivity index (χ4n) is 1.61. The maximum Gasteiger partial charge on any atom is 0.208 e. The molecule has 0 amide bonds. The maximum atomic E-state index is 5.50. The molecule has 19 heavy (non-hydrogen) atoms. The van der Waals surface area contributed by atoms with E-state index in [9.17, 15) is 0 Å². The van der Waals surface area contributed by atoms with E-state index in [2.05, 4.69) is 38.5 Å². The van der Waals surface area contributed by atoms with Gasteiger partial charge in [-0.3, -0.25) is 10.4 Å². The molecule has 1 rings (SSSR count). The predicted octanol–water partition coefficient (Wildman–Crippen LogP) is 1.74. The van der Waals surface area contributed by atoms with Gasteiger partial charge < -0.3 is 9.64 Å². The first-order valence-electron chi connectivity index (χ1n) is 6.13. The molecule has 5 nitrogen and oxygen atoms in total. The fraction of sp³-hybridized carbons (Fsp3) is 0.462. The van der Waals surface area contributed by atoms with Gasteiger partial charge in [-0.1, -0.05) is 28.1 Å². The van der Waals surface area contributed by atoms with Gasteiger partial charge in [0.15, 0.2) is 0 Å². The van der Waals surface area contributed by atoms with Gasteiger partial charge in [0.05, 0.1) is 0 Å². The smallest absolute Gasteiger partial charge is 0.208 e. The highest BCUT2D eigenvalue weighted by Crippen LogP contribution is 2.11. The topological polar surface area (TPSA) is 62.9 Å². The molecule has 3 N–H and O–H groups in total. The van der Waals surface area contributed by atoms with Crippen LogP contribution in [0, 0.1) is 0 Å². The summed E-state index contributed by atoms with van der Waals surface area (Å²) < 4.78 is 6.06. The Morgan fingerprint density at radius 3 is 2.68 bits per heavy atom. The summed E-state index contributed by atoms with van der Waals surface area (Å²) in [6.45, 7) is 2.15. The Morgan fingerprint density at radius 2 is 2.11 bits per heavy atom. The minimum Gasteiger partial charge on any atom is -0.385 e. The van der Waals surface area contributed by atoms with Crippen molar-refractivity contribution in [3.05, 3.63) is 34.3 Å². The molecule has 0 fully saturated rings. The minimum absolute atomic E-state index is 0.680. The number of hydrazine groups is 1. The minimum atomic E-state index is 0.680. The van der Waals surface area contributed by atoms with Gasteiger partial charge in [-0.05, 0) is 24.1 Å². The molecule has 0 aliphatic rings. The Morgan fingerprint density at radius 1 is 1.42 bits per heavy atom. The summed E-state index contributed by atoms with van der Waals surface area (Å²) >= 11 is 3.42. The monoisotopic (exact) mass is 328 g/mol. The highest BCUT2D eigenvalue weighted by atomic mass is 79.9. The molecule has 0 atom stereocenters. The van der Waals surface area contributed by atoms with E-state index in [0.717, 1.165) is 17.4 Å². The van der Waals surface area contributed by atoms with Crippen LogP contribution in [0.4, 0.5) is 0 Å². The van der Waals surface area contributed by atoms with Gasteiger partial charge in [-0.15, -0.1) is 0 Å². The molecule has 0 bridgehead atoms. The van der Waals surface area contributed by atoms with Crippen molar-refractivity contribution in [1.82, 2.24) is 10.3 Å². The molecule has 0 aromatic heterocycles. The quantitative estimate of drug-likeness (QED) is 0.274. The Kier molecular flexibility index (Phi) is 7.47. The van der Waals surface area contributed by atoms with E-state index in [1.807, 2.05) is 24.1 Å². The molecular weight excluding hydrogens is 308 g/mol. The van der Waals surface area contributed by atoms with Crippen molar-refractivity contribution in [1.29, 1.82) is 0 Å². The van der Waals surface area contributed by atoms with Gasteiger partial charge in [0.2, 0.25) is 5.96 Å². The van der Waals surface area contributed by atoms with E-state index in [1.54, 1.807) is 7.11 Å². The molecule has 0 radical (unpaired) electrons. The van der Waals surface area contributed by atoms with Crippen molar-refractivity contribution in [2.45, 2.75) is 13.0 Å². The van der Waals surface area contributed by atoms with Gasteiger partial charge in [0.25, 0.3) is 0 Å². The number of rotatable bonds is 6. The maximum absolute atomic E-state index is 5.50. The largest absolute Gasteiger partial charge is 0.385 e. The van der Waals surface area contributed by atoms with Gasteiger partial charge in [0, 0.05) is 38.3 Å². The third kappa shape index (κ3) is 6.04. The lowest BCUT2D eigenvalue weighted by Gasteiger charge is -2.20. The molecule has 1 aromatic carbocycles. The first kappa shape index (κ1) is 15.9. The average Bonchev–Trinajstić information content (AvgIpc) is 2.41. The first-order chi connectivity index (χ1) is 9.17. The number of nitrogens with two attached hydrogens (primary N) is 1. The lowest BCUT2D eigenvalue weighted by molar-refractivity contribution is 0.197. The van der Waals surface area contributed by atoms with E-state index in [0.29, 0.717) is 19.1 Å². The summed E-state index contributed by atoms with van der Waals surface area (Å²) in [5.41, 5.74) is 3.84. The van der Waals surface area contributed by atoms with Gasteiger partial charge >= 0.3 is 0 Å². The Labute approximate surface area is 122 Å². The van der Waals surface area contributed by atoms with Crippen LogP contribution < -0.4 is 11.3 Å². The number of ether oxygens (including phenoxy) is 1. The number of aliphatic imine (C=N–C) groups is 1. The number of hydrogen-bond donors (Lipinski definition) is 2. The summed E-state index contributed by atoms with van der Waals surface area (Å²) in [6, 6.07) is 8.18. The number of methoxy groups -OCH3 is 1. The molecule has 0 aliphatic carbocycles. The highest BCUT2D eigenvalue weighted by molar-refractivity contribution is 9.10. The third-order valence-electron chi connectivity index (χ3n) is 2.59. The van der Waals surface area contributed by atoms with Gasteiger partial charge in [-0.2, -0.15) is 0 Å². The standard InChI is InChI=1S/C13H21BrN4O/c1-18(10-11-4-6-12(14)7-5-11)13(17-15)16-8-3-9-19-2/h4-7H,3,8-10,15H2,1-2H3,(H,16,17). The summed E-state index contributed by atoms with van der Waals surface area (Å²) in [5, 5.41) is 0. The van der Waals surface area contributed by atoms with E-state index in [1.165, 1.54) is 5.56 Å². The van der Waals surface area contributed by atoms with Crippen LogP contribution in [0.15, 0.2) is 33.7 Å². The van der Waals surface area contributed by atoms with Crippen LogP contribution in [-0.2, 0) is 11.3 Å². The number of guanidine groups is 1. The SMILES string of the molecule is COCCCN=C(NN)N(C)Cc1ccc(Br)cc1. The number of halogens is 1. The summed E-state index contributed by atoms with van der Waals surface area (Å²) in [6.07, 6.45) is 0.883. The van der Waals surface area contributed by atoms with Crippen LogP contribution >= 0.6 is 15.9 Å². The fourth-order valence-corrected chi connectivity index (χ4v) is 1.87. The zero-order valence-electron chi connectivity index (χ0n) is 11.4. The molecule has 0 heterocycles. The van der Waals surface area contributed by atoms with Crippen molar-refractivity contribution < 1.29 is 4.74 Å². The molecule has 0 spiro atoms. The number of nitrogens with zero attached hydrogens (tertiary/aromatic N) is 2. The lowest BCUT2D eigenvalue weighted by Crippen LogP contribution is -2.42. The van der Waals surface area contributed by atoms with Crippen LogP contribution in [0.3, 0.4) is 0 Å². The Bertz CT molecular complexity index is 394. The van der Waals surface area contributed by atoms with Crippen molar-refractivity contribution in [3.8, 4) is 0 Å². The lowest BCUT2D eigenvalue weighted by atomic mass is 10.2. The Hall–Kier alpha value is -1.11. The van der Waals surface area contributed by atoms with Crippen LogP contribution in [-0.4, -0.2) is 38.2 Å². The van der Waals surface area contributed by atoms with Crippen molar-refractivity contribution in [3.63, 3.8) is 0 Å². The second kappa shape index (κ2) is 8.90. The average molecular weight is 329 g/mol. The van der Waals surface area contributed by atoms with Crippen molar-refractivity contribution in [2.24, 2.45) is 10.8 Å². The number of benzene rings is 1. The van der Waals surface area contributed by atoms with Crippen molar-refractivity contribution in [2.75, 3.05) is 27.3 Å². The zero-order valence-corrected chi connectivity index (χ0v) is 13.0. The molecule has 0 saturated carbocycles. The van der Waals surface area contributed by atoms with Gasteiger partial charge in [0.1, 0.15) is 0 Å². The summed E-state index contributed by atoms with van der Waals surface area (Å²) in [5.74, 6) is 6.18. The molecule has 1 aromatic rings. The molecule has 0 saturated heterocycles. The summed E-state index contributed by atoms with van der Waals surface area (Å²) in [7, 11) is 3.64. The number of nitrogens with one attached hydrogen (secondary N) is 1. The second-order valence-corrected chi connectivity index (χ2v) is 5.09. The molecule has 0 aliphatic heterocycles. The van der Waals surface area contributed by atoms with Crippen LogP contribution in [0.5, 0.6) is 0 Å². The molecule has 0 unspecified atom stereocenters. The van der Waals surface area contributed by atoms with E-state index in [4.69, 9.17) is 10.6 Å². The Balaban J connectivity index is 2.53. The second-order valence-electron chi connectivity index (χ2n) is 4.18. The van der Waals surface area contributed by atoms with Crippen LogP contribution in [0.1, 0.15) is 12.0 Å².